The van der Waals surface area contributed by atoms with Crippen molar-refractivity contribution in [2.75, 3.05) is 6.54 Å². The number of nitrogens with zero attached hydrogens (tertiary/aromatic N) is 2. The van der Waals surface area contributed by atoms with Crippen LogP contribution in [0.3, 0.4) is 0 Å². The summed E-state index contributed by atoms with van der Waals surface area (Å²) in [5.74, 6) is -0.777. The van der Waals surface area contributed by atoms with Crippen molar-refractivity contribution in [2.45, 2.75) is 30.9 Å². The zero-order valence-electron chi connectivity index (χ0n) is 14.6. The molecule has 0 aromatic heterocycles. The molecule has 0 saturated carbocycles. The van der Waals surface area contributed by atoms with Crippen molar-refractivity contribution in [3.8, 4) is 6.07 Å². The minimum Gasteiger partial charge on any atom is -0.444 e. The van der Waals surface area contributed by atoms with Crippen molar-refractivity contribution in [1.82, 2.24) is 4.31 Å². The van der Waals surface area contributed by atoms with E-state index in [4.69, 9.17) is 21.6 Å². The number of nitriles is 1. The SMILES string of the molecule is C[C@H](C#N)OC(=O)c1ccc(Cl)c(S(=O)(=O)N2CCc3ccccc3C2)c1. The van der Waals surface area contributed by atoms with Crippen molar-refractivity contribution >= 4 is 27.6 Å². The van der Waals surface area contributed by atoms with Crippen LogP contribution in [0.4, 0.5) is 0 Å². The molecular formula is C19H17ClN2O4S. The molecule has 6 nitrogen and oxygen atoms in total. The lowest BCUT2D eigenvalue weighted by Gasteiger charge is -2.28. The number of ether oxygens (including phenoxy) is 1. The Hall–Kier alpha value is -2.40. The van der Waals surface area contributed by atoms with Crippen LogP contribution in [0.5, 0.6) is 0 Å². The molecule has 0 fully saturated rings. The lowest BCUT2D eigenvalue weighted by Crippen LogP contribution is -2.36. The molecule has 2 aromatic rings. The number of sulfonamides is 1. The minimum absolute atomic E-state index is 0.0254. The summed E-state index contributed by atoms with van der Waals surface area (Å²) in [5, 5.41) is 8.78. The van der Waals surface area contributed by atoms with E-state index in [1.54, 1.807) is 6.07 Å². The van der Waals surface area contributed by atoms with Crippen molar-refractivity contribution < 1.29 is 17.9 Å². The fourth-order valence-electron chi connectivity index (χ4n) is 2.90. The van der Waals surface area contributed by atoms with Gasteiger partial charge in [-0.25, -0.2) is 13.2 Å². The molecule has 0 spiro atoms. The van der Waals surface area contributed by atoms with Crippen molar-refractivity contribution in [1.29, 1.82) is 5.26 Å². The average Bonchev–Trinajstić information content (AvgIpc) is 2.67. The molecule has 0 unspecified atom stereocenters. The van der Waals surface area contributed by atoms with E-state index in [1.165, 1.54) is 29.4 Å². The summed E-state index contributed by atoms with van der Waals surface area (Å²) in [4.78, 5) is 12.0. The molecule has 8 heteroatoms. The number of rotatable bonds is 4. The molecule has 0 aliphatic carbocycles. The third-order valence-corrected chi connectivity index (χ3v) is 6.67. The van der Waals surface area contributed by atoms with E-state index >= 15 is 0 Å². The van der Waals surface area contributed by atoms with Gasteiger partial charge in [0.25, 0.3) is 0 Å². The molecular weight excluding hydrogens is 388 g/mol. The minimum atomic E-state index is -3.90. The maximum atomic E-state index is 13.1. The Morgan fingerprint density at radius 1 is 1.26 bits per heavy atom. The molecule has 1 aliphatic heterocycles. The summed E-state index contributed by atoms with van der Waals surface area (Å²) in [6.45, 7) is 2.00. The molecule has 0 radical (unpaired) electrons. The van der Waals surface area contributed by atoms with Gasteiger partial charge in [0.2, 0.25) is 10.0 Å². The number of carbonyl (C=O) groups is 1. The summed E-state index contributed by atoms with van der Waals surface area (Å²) < 4.78 is 32.5. The van der Waals surface area contributed by atoms with Crippen LogP contribution in [0.15, 0.2) is 47.4 Å². The Kier molecular flexibility index (Phi) is 5.51. The molecule has 2 aromatic carbocycles. The largest absolute Gasteiger partial charge is 0.444 e. The van der Waals surface area contributed by atoms with Crippen LogP contribution in [-0.4, -0.2) is 31.3 Å². The van der Waals surface area contributed by atoms with Gasteiger partial charge in [-0.05, 0) is 42.7 Å². The van der Waals surface area contributed by atoms with Gasteiger partial charge in [0.15, 0.2) is 6.10 Å². The zero-order chi connectivity index (χ0) is 19.6. The molecule has 1 heterocycles. The van der Waals surface area contributed by atoms with Gasteiger partial charge in [-0.15, -0.1) is 0 Å². The maximum Gasteiger partial charge on any atom is 0.339 e. The van der Waals surface area contributed by atoms with Crippen LogP contribution in [0, 0.1) is 11.3 Å². The van der Waals surface area contributed by atoms with E-state index in [-0.39, 0.29) is 22.0 Å². The highest BCUT2D eigenvalue weighted by molar-refractivity contribution is 7.89. The van der Waals surface area contributed by atoms with E-state index in [2.05, 4.69) is 0 Å². The van der Waals surface area contributed by atoms with E-state index in [9.17, 15) is 13.2 Å². The van der Waals surface area contributed by atoms with Crippen LogP contribution in [-0.2, 0) is 27.7 Å². The normalized spacial score (nSPS) is 15.4. The Morgan fingerprint density at radius 3 is 2.67 bits per heavy atom. The molecule has 1 atom stereocenters. The summed E-state index contributed by atoms with van der Waals surface area (Å²) in [6.07, 6.45) is -0.333. The number of carbonyl (C=O) groups excluding carboxylic acids is 1. The first-order chi connectivity index (χ1) is 12.8. The van der Waals surface area contributed by atoms with Gasteiger partial charge in [-0.2, -0.15) is 9.57 Å². The second kappa shape index (κ2) is 7.69. The fourth-order valence-corrected chi connectivity index (χ4v) is 4.82. The monoisotopic (exact) mass is 404 g/mol. The predicted molar refractivity (Wildman–Crippen MR) is 99.7 cm³/mol. The number of hydrogen-bond donors (Lipinski definition) is 0. The topological polar surface area (TPSA) is 87.5 Å². The third-order valence-electron chi connectivity index (χ3n) is 4.35. The second-order valence-corrected chi connectivity index (χ2v) is 8.49. The van der Waals surface area contributed by atoms with Crippen LogP contribution >= 0.6 is 11.6 Å². The Morgan fingerprint density at radius 2 is 1.96 bits per heavy atom. The van der Waals surface area contributed by atoms with Crippen molar-refractivity contribution in [2.24, 2.45) is 0 Å². The standard InChI is InChI=1S/C19H17ClN2O4S/c1-13(11-21)26-19(23)15-6-7-17(20)18(10-15)27(24,25)22-9-8-14-4-2-3-5-16(14)12-22/h2-7,10,13H,8-9,12H2,1H3/t13-/m1/s1. The number of esters is 1. The molecule has 3 rings (SSSR count). The van der Waals surface area contributed by atoms with Crippen LogP contribution in [0.2, 0.25) is 5.02 Å². The first kappa shape index (κ1) is 19.4. The quantitative estimate of drug-likeness (QED) is 0.730. The fraction of sp³-hybridized carbons (Fsp3) is 0.263. The first-order valence-corrected chi connectivity index (χ1v) is 10.1. The zero-order valence-corrected chi connectivity index (χ0v) is 16.1. The van der Waals surface area contributed by atoms with Gasteiger partial charge >= 0.3 is 5.97 Å². The van der Waals surface area contributed by atoms with Crippen LogP contribution in [0.1, 0.15) is 28.4 Å². The average molecular weight is 405 g/mol. The lowest BCUT2D eigenvalue weighted by atomic mass is 10.0. The van der Waals surface area contributed by atoms with Crippen molar-refractivity contribution in [3.63, 3.8) is 0 Å². The second-order valence-electron chi connectivity index (χ2n) is 6.18. The van der Waals surface area contributed by atoms with E-state index in [0.29, 0.717) is 13.0 Å². The van der Waals surface area contributed by atoms with Crippen LogP contribution in [0.25, 0.3) is 0 Å². The Bertz CT molecular complexity index is 1030. The molecule has 1 aliphatic rings. The molecule has 0 N–H and O–H groups in total. The lowest BCUT2D eigenvalue weighted by molar-refractivity contribution is 0.0435. The van der Waals surface area contributed by atoms with Crippen molar-refractivity contribution in [3.05, 3.63) is 64.2 Å². The first-order valence-electron chi connectivity index (χ1n) is 8.30. The van der Waals surface area contributed by atoms with Gasteiger partial charge in [0, 0.05) is 13.1 Å². The summed E-state index contributed by atoms with van der Waals surface area (Å²) in [7, 11) is -3.90. The molecule has 140 valence electrons. The van der Waals surface area contributed by atoms with Crippen LogP contribution < -0.4 is 0 Å². The number of hydrogen-bond acceptors (Lipinski definition) is 5. The van der Waals surface area contributed by atoms with E-state index in [0.717, 1.165) is 11.1 Å². The number of benzene rings is 2. The summed E-state index contributed by atoms with van der Waals surface area (Å²) in [5.41, 5.74) is 2.09. The van der Waals surface area contributed by atoms with Gasteiger partial charge in [-0.1, -0.05) is 35.9 Å². The van der Waals surface area contributed by atoms with Gasteiger partial charge in [0.1, 0.15) is 11.0 Å². The third kappa shape index (κ3) is 3.98. The van der Waals surface area contributed by atoms with Gasteiger partial charge < -0.3 is 4.74 Å². The molecule has 27 heavy (non-hydrogen) atoms. The van der Waals surface area contributed by atoms with E-state index < -0.39 is 22.1 Å². The number of halogens is 1. The van der Waals surface area contributed by atoms with Gasteiger partial charge in [0.05, 0.1) is 10.6 Å². The van der Waals surface area contributed by atoms with Gasteiger partial charge in [-0.3, -0.25) is 0 Å². The highest BCUT2D eigenvalue weighted by atomic mass is 35.5. The predicted octanol–water partition coefficient (Wildman–Crippen LogP) is 3.16. The highest BCUT2D eigenvalue weighted by Crippen LogP contribution is 2.30. The Balaban J connectivity index is 1.92. The molecule has 0 bridgehead atoms. The highest BCUT2D eigenvalue weighted by Gasteiger charge is 2.30. The smallest absolute Gasteiger partial charge is 0.339 e. The van der Waals surface area contributed by atoms with E-state index in [1.807, 2.05) is 24.3 Å². The number of fused-ring (bicyclic) bond motifs is 1. The Labute approximate surface area is 163 Å². The summed E-state index contributed by atoms with van der Waals surface area (Å²) >= 11 is 6.13. The molecule has 0 saturated heterocycles. The summed E-state index contributed by atoms with van der Waals surface area (Å²) in [6, 6.07) is 13.4. The maximum absolute atomic E-state index is 13.1. The molecule has 0 amide bonds.